The Morgan fingerprint density at radius 1 is 1.17 bits per heavy atom. The molecule has 18 heavy (non-hydrogen) atoms. The number of anilines is 2. The van der Waals surface area contributed by atoms with Crippen LogP contribution in [0.3, 0.4) is 0 Å². The van der Waals surface area contributed by atoms with Crippen molar-refractivity contribution in [3.05, 3.63) is 40.8 Å². The summed E-state index contributed by atoms with van der Waals surface area (Å²) in [5, 5.41) is 3.25. The highest BCUT2D eigenvalue weighted by atomic mass is 32.2. The summed E-state index contributed by atoms with van der Waals surface area (Å²) in [6, 6.07) is 9.78. The van der Waals surface area contributed by atoms with Gasteiger partial charge in [-0.15, -0.1) is 4.91 Å². The molecule has 7 heteroatoms. The van der Waals surface area contributed by atoms with Gasteiger partial charge in [0.1, 0.15) is 5.03 Å². The highest BCUT2D eigenvalue weighted by Crippen LogP contribution is 2.33. The van der Waals surface area contributed by atoms with Gasteiger partial charge in [0.05, 0.1) is 0 Å². The van der Waals surface area contributed by atoms with E-state index in [9.17, 15) is 4.91 Å². The molecule has 0 atom stereocenters. The molecule has 0 radical (unpaired) electrons. The molecule has 92 valence electrons. The summed E-state index contributed by atoms with van der Waals surface area (Å²) in [6.45, 7) is 0. The van der Waals surface area contributed by atoms with Gasteiger partial charge in [0, 0.05) is 5.75 Å². The van der Waals surface area contributed by atoms with Crippen molar-refractivity contribution >= 4 is 29.2 Å². The van der Waals surface area contributed by atoms with Crippen LogP contribution in [0.4, 0.5) is 17.5 Å². The third kappa shape index (κ3) is 2.75. The molecule has 0 saturated carbocycles. The van der Waals surface area contributed by atoms with E-state index in [4.69, 9.17) is 11.5 Å². The average Bonchev–Trinajstić information content (AvgIpc) is 2.37. The van der Waals surface area contributed by atoms with Crippen LogP contribution in [0.2, 0.25) is 0 Å². The maximum absolute atomic E-state index is 10.7. The van der Waals surface area contributed by atoms with E-state index in [1.54, 1.807) is 0 Å². The summed E-state index contributed by atoms with van der Waals surface area (Å²) in [5.41, 5.74) is 12.2. The zero-order valence-electron chi connectivity index (χ0n) is 9.41. The molecular formula is C11H11N5OS. The lowest BCUT2D eigenvalue weighted by Crippen LogP contribution is -2.01. The third-order valence-electron chi connectivity index (χ3n) is 2.21. The number of hydrogen-bond donors (Lipinski definition) is 2. The van der Waals surface area contributed by atoms with Crippen molar-refractivity contribution in [2.75, 3.05) is 11.5 Å². The Morgan fingerprint density at radius 2 is 1.89 bits per heavy atom. The largest absolute Gasteiger partial charge is 0.382 e. The first-order valence-electron chi connectivity index (χ1n) is 5.13. The monoisotopic (exact) mass is 261 g/mol. The Hall–Kier alpha value is -2.15. The number of hydrogen-bond acceptors (Lipinski definition) is 7. The molecule has 0 aliphatic heterocycles. The van der Waals surface area contributed by atoms with E-state index in [-0.39, 0.29) is 17.5 Å². The van der Waals surface area contributed by atoms with E-state index in [0.717, 1.165) is 5.56 Å². The number of nitrogens with two attached hydrogens (primary N) is 2. The van der Waals surface area contributed by atoms with Crippen LogP contribution in [0, 0.1) is 4.91 Å². The minimum Gasteiger partial charge on any atom is -0.382 e. The summed E-state index contributed by atoms with van der Waals surface area (Å²) < 4.78 is 0. The predicted molar refractivity (Wildman–Crippen MR) is 72.3 cm³/mol. The number of benzene rings is 1. The van der Waals surface area contributed by atoms with Gasteiger partial charge < -0.3 is 11.5 Å². The van der Waals surface area contributed by atoms with Gasteiger partial charge in [-0.2, -0.15) is 4.98 Å². The number of nitroso groups, excluding NO2 is 1. The van der Waals surface area contributed by atoms with E-state index in [1.165, 1.54) is 11.8 Å². The molecule has 0 bridgehead atoms. The third-order valence-corrected chi connectivity index (χ3v) is 3.24. The van der Waals surface area contributed by atoms with Gasteiger partial charge in [-0.3, -0.25) is 0 Å². The van der Waals surface area contributed by atoms with Gasteiger partial charge in [0.15, 0.2) is 11.5 Å². The van der Waals surface area contributed by atoms with Gasteiger partial charge in [0.2, 0.25) is 5.95 Å². The molecule has 2 aromatic rings. The normalized spacial score (nSPS) is 10.2. The van der Waals surface area contributed by atoms with Crippen LogP contribution < -0.4 is 11.5 Å². The van der Waals surface area contributed by atoms with Crippen molar-refractivity contribution in [3.8, 4) is 0 Å². The average molecular weight is 261 g/mol. The van der Waals surface area contributed by atoms with E-state index < -0.39 is 0 Å². The molecular weight excluding hydrogens is 250 g/mol. The number of nitrogens with zero attached hydrogens (tertiary/aromatic N) is 3. The topological polar surface area (TPSA) is 107 Å². The second-order valence-corrected chi connectivity index (χ2v) is 4.45. The maximum atomic E-state index is 10.7. The van der Waals surface area contributed by atoms with Gasteiger partial charge in [0.25, 0.3) is 0 Å². The lowest BCUT2D eigenvalue weighted by Gasteiger charge is -2.05. The Morgan fingerprint density at radius 3 is 2.56 bits per heavy atom. The number of rotatable bonds is 4. The molecule has 4 N–H and O–H groups in total. The van der Waals surface area contributed by atoms with Gasteiger partial charge in [-0.25, -0.2) is 4.98 Å². The highest BCUT2D eigenvalue weighted by molar-refractivity contribution is 7.98. The van der Waals surface area contributed by atoms with Crippen molar-refractivity contribution in [2.45, 2.75) is 10.8 Å². The fraction of sp³-hybridized carbons (Fsp3) is 0.0909. The highest BCUT2D eigenvalue weighted by Gasteiger charge is 2.12. The number of nitrogen functional groups attached to an aromatic ring is 2. The second-order valence-electron chi connectivity index (χ2n) is 3.49. The van der Waals surface area contributed by atoms with Crippen molar-refractivity contribution in [2.24, 2.45) is 5.18 Å². The summed E-state index contributed by atoms with van der Waals surface area (Å²) in [6.07, 6.45) is 0. The van der Waals surface area contributed by atoms with Crippen LogP contribution in [-0.4, -0.2) is 9.97 Å². The van der Waals surface area contributed by atoms with E-state index >= 15 is 0 Å². The zero-order valence-corrected chi connectivity index (χ0v) is 10.2. The molecule has 0 spiro atoms. The molecule has 0 amide bonds. The molecule has 0 aliphatic rings. The van der Waals surface area contributed by atoms with Gasteiger partial charge in [-0.1, -0.05) is 42.1 Å². The Bertz CT molecular complexity index is 561. The van der Waals surface area contributed by atoms with Crippen LogP contribution in [0.5, 0.6) is 0 Å². The quantitative estimate of drug-likeness (QED) is 0.497. The zero-order chi connectivity index (χ0) is 13.0. The Kier molecular flexibility index (Phi) is 3.73. The van der Waals surface area contributed by atoms with Crippen LogP contribution in [0.25, 0.3) is 0 Å². The summed E-state index contributed by atoms with van der Waals surface area (Å²) >= 11 is 1.35. The molecule has 0 unspecified atom stereocenters. The molecule has 1 aromatic heterocycles. The fourth-order valence-corrected chi connectivity index (χ4v) is 2.31. The smallest absolute Gasteiger partial charge is 0.223 e. The first-order valence-corrected chi connectivity index (χ1v) is 6.12. The van der Waals surface area contributed by atoms with E-state index in [0.29, 0.717) is 10.8 Å². The van der Waals surface area contributed by atoms with Crippen molar-refractivity contribution in [1.82, 2.24) is 9.97 Å². The lowest BCUT2D eigenvalue weighted by atomic mass is 10.2. The van der Waals surface area contributed by atoms with E-state index in [2.05, 4.69) is 15.1 Å². The van der Waals surface area contributed by atoms with Crippen molar-refractivity contribution in [1.29, 1.82) is 0 Å². The lowest BCUT2D eigenvalue weighted by molar-refractivity contribution is 1.06. The maximum Gasteiger partial charge on any atom is 0.223 e. The number of thioether (sulfide) groups is 1. The fourth-order valence-electron chi connectivity index (χ4n) is 1.38. The SMILES string of the molecule is Nc1nc(N)c(N=O)c(SCc2ccccc2)n1. The summed E-state index contributed by atoms with van der Waals surface area (Å²) in [7, 11) is 0. The minimum atomic E-state index is 0.00746. The van der Waals surface area contributed by atoms with Crippen LogP contribution in [0.1, 0.15) is 5.56 Å². The molecule has 1 heterocycles. The first kappa shape index (κ1) is 12.3. The molecule has 2 rings (SSSR count). The van der Waals surface area contributed by atoms with Gasteiger partial charge >= 0.3 is 0 Å². The van der Waals surface area contributed by atoms with Crippen LogP contribution in [0.15, 0.2) is 40.5 Å². The number of aromatic nitrogens is 2. The van der Waals surface area contributed by atoms with Crippen LogP contribution in [-0.2, 0) is 5.75 Å². The molecule has 0 fully saturated rings. The predicted octanol–water partition coefficient (Wildman–Crippen LogP) is 2.33. The molecule has 1 aromatic carbocycles. The van der Waals surface area contributed by atoms with E-state index in [1.807, 2.05) is 30.3 Å². The standard InChI is InChI=1S/C11H11N5OS/c12-9-8(16-17)10(15-11(13)14-9)18-6-7-4-2-1-3-5-7/h1-5H,6H2,(H4,12,13,14,15). The Balaban J connectivity index is 2.21. The van der Waals surface area contributed by atoms with Crippen molar-refractivity contribution in [3.63, 3.8) is 0 Å². The summed E-state index contributed by atoms with van der Waals surface area (Å²) in [5.74, 6) is 0.697. The molecule has 0 saturated heterocycles. The van der Waals surface area contributed by atoms with Crippen LogP contribution >= 0.6 is 11.8 Å². The van der Waals surface area contributed by atoms with Gasteiger partial charge in [-0.05, 0) is 10.7 Å². The second kappa shape index (κ2) is 5.46. The van der Waals surface area contributed by atoms with Crippen molar-refractivity contribution < 1.29 is 0 Å². The minimum absolute atomic E-state index is 0.00746. The molecule has 0 aliphatic carbocycles. The summed E-state index contributed by atoms with van der Waals surface area (Å²) in [4.78, 5) is 18.4. The Labute approximate surface area is 108 Å². The molecule has 6 nitrogen and oxygen atoms in total. The first-order chi connectivity index (χ1) is 8.70.